The number of amides is 2. The molecule has 0 aromatic heterocycles. The van der Waals surface area contributed by atoms with Crippen LogP contribution in [0.25, 0.3) is 0 Å². The molecular formula is C22H24Cl2N2O2. The molecule has 1 aliphatic heterocycles. The SMILES string of the molecule is CC(=O)NC(CC(=O)N1CCCC1Cc1ccccc1Cl)c1ccc(Cl)cc1. The van der Waals surface area contributed by atoms with Crippen molar-refractivity contribution in [1.29, 1.82) is 0 Å². The number of rotatable bonds is 6. The van der Waals surface area contributed by atoms with Gasteiger partial charge in [-0.2, -0.15) is 0 Å². The lowest BCUT2D eigenvalue weighted by atomic mass is 10.0. The molecule has 0 saturated carbocycles. The lowest BCUT2D eigenvalue weighted by molar-refractivity contribution is -0.132. The lowest BCUT2D eigenvalue weighted by Gasteiger charge is -2.27. The van der Waals surface area contributed by atoms with Crippen molar-refractivity contribution in [1.82, 2.24) is 10.2 Å². The van der Waals surface area contributed by atoms with E-state index in [-0.39, 0.29) is 30.3 Å². The van der Waals surface area contributed by atoms with Crippen molar-refractivity contribution in [3.05, 3.63) is 69.7 Å². The summed E-state index contributed by atoms with van der Waals surface area (Å²) in [6.07, 6.45) is 2.91. The van der Waals surface area contributed by atoms with Gasteiger partial charge in [0.25, 0.3) is 0 Å². The fraction of sp³-hybridized carbons (Fsp3) is 0.364. The highest BCUT2D eigenvalue weighted by Crippen LogP contribution is 2.27. The molecule has 28 heavy (non-hydrogen) atoms. The topological polar surface area (TPSA) is 49.4 Å². The highest BCUT2D eigenvalue weighted by molar-refractivity contribution is 6.31. The molecule has 1 saturated heterocycles. The quantitative estimate of drug-likeness (QED) is 0.732. The Morgan fingerprint density at radius 2 is 1.86 bits per heavy atom. The van der Waals surface area contributed by atoms with Gasteiger partial charge in [-0.15, -0.1) is 0 Å². The zero-order chi connectivity index (χ0) is 20.1. The molecule has 2 amide bonds. The second-order valence-electron chi connectivity index (χ2n) is 7.19. The molecule has 2 aromatic carbocycles. The van der Waals surface area contributed by atoms with E-state index in [9.17, 15) is 9.59 Å². The fourth-order valence-corrected chi connectivity index (χ4v) is 4.12. The van der Waals surface area contributed by atoms with Crippen LogP contribution in [0.15, 0.2) is 48.5 Å². The van der Waals surface area contributed by atoms with E-state index in [1.165, 1.54) is 6.92 Å². The predicted octanol–water partition coefficient (Wildman–Crippen LogP) is 4.79. The van der Waals surface area contributed by atoms with Crippen molar-refractivity contribution in [3.8, 4) is 0 Å². The summed E-state index contributed by atoms with van der Waals surface area (Å²) in [5, 5.41) is 4.25. The second kappa shape index (κ2) is 9.44. The first kappa shape index (κ1) is 20.7. The van der Waals surface area contributed by atoms with Gasteiger partial charge in [-0.05, 0) is 48.6 Å². The lowest BCUT2D eigenvalue weighted by Crippen LogP contribution is -2.39. The monoisotopic (exact) mass is 418 g/mol. The molecule has 4 nitrogen and oxygen atoms in total. The van der Waals surface area contributed by atoms with Crippen molar-refractivity contribution < 1.29 is 9.59 Å². The van der Waals surface area contributed by atoms with E-state index in [0.717, 1.165) is 42.0 Å². The molecule has 2 atom stereocenters. The molecule has 1 heterocycles. The molecule has 0 radical (unpaired) electrons. The molecule has 2 aromatic rings. The Hall–Kier alpha value is -2.04. The number of hydrogen-bond donors (Lipinski definition) is 1. The van der Waals surface area contributed by atoms with Gasteiger partial charge in [0, 0.05) is 29.6 Å². The van der Waals surface area contributed by atoms with Crippen LogP contribution in [0, 0.1) is 0 Å². The van der Waals surface area contributed by atoms with E-state index in [1.54, 1.807) is 12.1 Å². The molecule has 1 fully saturated rings. The largest absolute Gasteiger partial charge is 0.349 e. The normalized spacial score (nSPS) is 17.4. The second-order valence-corrected chi connectivity index (χ2v) is 8.03. The number of benzene rings is 2. The number of carbonyl (C=O) groups excluding carboxylic acids is 2. The highest BCUT2D eigenvalue weighted by Gasteiger charge is 2.31. The van der Waals surface area contributed by atoms with E-state index in [1.807, 2.05) is 41.3 Å². The molecular weight excluding hydrogens is 395 g/mol. The molecule has 1 aliphatic rings. The van der Waals surface area contributed by atoms with E-state index < -0.39 is 0 Å². The van der Waals surface area contributed by atoms with Gasteiger partial charge >= 0.3 is 0 Å². The van der Waals surface area contributed by atoms with Crippen LogP contribution in [-0.4, -0.2) is 29.3 Å². The number of hydrogen-bond acceptors (Lipinski definition) is 2. The van der Waals surface area contributed by atoms with Crippen LogP contribution in [0.4, 0.5) is 0 Å². The van der Waals surface area contributed by atoms with E-state index in [4.69, 9.17) is 23.2 Å². The van der Waals surface area contributed by atoms with Crippen molar-refractivity contribution in [2.45, 2.75) is 44.7 Å². The maximum Gasteiger partial charge on any atom is 0.225 e. The van der Waals surface area contributed by atoms with Crippen molar-refractivity contribution in [2.24, 2.45) is 0 Å². The van der Waals surface area contributed by atoms with Gasteiger partial charge in [-0.1, -0.05) is 53.5 Å². The molecule has 3 rings (SSSR count). The first-order chi connectivity index (χ1) is 13.4. The van der Waals surface area contributed by atoms with Crippen LogP contribution in [0.5, 0.6) is 0 Å². The van der Waals surface area contributed by atoms with Crippen molar-refractivity contribution in [2.75, 3.05) is 6.54 Å². The van der Waals surface area contributed by atoms with Crippen molar-refractivity contribution >= 4 is 35.0 Å². The van der Waals surface area contributed by atoms with Crippen LogP contribution in [0.3, 0.4) is 0 Å². The number of nitrogens with zero attached hydrogens (tertiary/aromatic N) is 1. The Morgan fingerprint density at radius 3 is 2.54 bits per heavy atom. The van der Waals surface area contributed by atoms with E-state index in [2.05, 4.69) is 5.32 Å². The van der Waals surface area contributed by atoms with Gasteiger partial charge in [0.05, 0.1) is 12.5 Å². The predicted molar refractivity (Wildman–Crippen MR) is 113 cm³/mol. The molecule has 1 N–H and O–H groups in total. The smallest absolute Gasteiger partial charge is 0.225 e. The third-order valence-electron chi connectivity index (χ3n) is 5.14. The minimum absolute atomic E-state index is 0.0447. The van der Waals surface area contributed by atoms with Crippen LogP contribution in [-0.2, 0) is 16.0 Å². The van der Waals surface area contributed by atoms with Gasteiger partial charge in [0.15, 0.2) is 0 Å². The van der Waals surface area contributed by atoms with Gasteiger partial charge in [0.1, 0.15) is 0 Å². The van der Waals surface area contributed by atoms with Crippen LogP contribution in [0.2, 0.25) is 10.0 Å². The summed E-state index contributed by atoms with van der Waals surface area (Å²) in [6, 6.07) is 14.8. The molecule has 148 valence electrons. The Labute approximate surface area is 175 Å². The third kappa shape index (κ3) is 5.27. The number of likely N-dealkylation sites (tertiary alicyclic amines) is 1. The summed E-state index contributed by atoms with van der Waals surface area (Å²) in [5.41, 5.74) is 1.93. The van der Waals surface area contributed by atoms with Crippen LogP contribution in [0.1, 0.15) is 43.4 Å². The summed E-state index contributed by atoms with van der Waals surface area (Å²) in [4.78, 5) is 26.7. The Balaban J connectivity index is 1.72. The Kier molecular flexibility index (Phi) is 6.97. The first-order valence-corrected chi connectivity index (χ1v) is 10.2. The molecule has 6 heteroatoms. The van der Waals surface area contributed by atoms with Gasteiger partial charge in [-0.25, -0.2) is 0 Å². The minimum atomic E-state index is -0.371. The number of carbonyl (C=O) groups is 2. The molecule has 0 bridgehead atoms. The maximum atomic E-state index is 13.1. The van der Waals surface area contributed by atoms with Gasteiger partial charge in [0.2, 0.25) is 11.8 Å². The summed E-state index contributed by atoms with van der Waals surface area (Å²) in [5.74, 6) is -0.120. The average Bonchev–Trinajstić information content (AvgIpc) is 3.12. The maximum absolute atomic E-state index is 13.1. The zero-order valence-corrected chi connectivity index (χ0v) is 17.3. The standard InChI is InChI=1S/C22H24Cl2N2O2/c1-15(27)25-21(16-8-10-18(23)11-9-16)14-22(28)26-12-4-6-19(26)13-17-5-2-3-7-20(17)24/h2-3,5,7-11,19,21H,4,6,12-14H2,1H3,(H,25,27). The molecule has 2 unspecified atom stereocenters. The van der Waals surface area contributed by atoms with Gasteiger partial charge < -0.3 is 10.2 Å². The molecule has 0 spiro atoms. The minimum Gasteiger partial charge on any atom is -0.349 e. The average molecular weight is 419 g/mol. The number of halogens is 2. The van der Waals surface area contributed by atoms with Crippen LogP contribution < -0.4 is 5.32 Å². The highest BCUT2D eigenvalue weighted by atomic mass is 35.5. The zero-order valence-electron chi connectivity index (χ0n) is 15.8. The first-order valence-electron chi connectivity index (χ1n) is 9.49. The van der Waals surface area contributed by atoms with E-state index in [0.29, 0.717) is 5.02 Å². The Morgan fingerprint density at radius 1 is 1.14 bits per heavy atom. The Bertz CT molecular complexity index is 839. The summed E-state index contributed by atoms with van der Waals surface area (Å²) in [6.45, 7) is 2.20. The summed E-state index contributed by atoms with van der Waals surface area (Å²) in [7, 11) is 0. The van der Waals surface area contributed by atoms with Gasteiger partial charge in [-0.3, -0.25) is 9.59 Å². The third-order valence-corrected chi connectivity index (χ3v) is 5.76. The van der Waals surface area contributed by atoms with E-state index >= 15 is 0 Å². The summed E-state index contributed by atoms with van der Waals surface area (Å²) >= 11 is 12.3. The fourth-order valence-electron chi connectivity index (χ4n) is 3.78. The summed E-state index contributed by atoms with van der Waals surface area (Å²) < 4.78 is 0. The van der Waals surface area contributed by atoms with Crippen LogP contribution >= 0.6 is 23.2 Å². The van der Waals surface area contributed by atoms with Crippen molar-refractivity contribution in [3.63, 3.8) is 0 Å². The number of nitrogens with one attached hydrogen (secondary N) is 1. The molecule has 0 aliphatic carbocycles.